The van der Waals surface area contributed by atoms with E-state index in [1.807, 2.05) is 0 Å². The van der Waals surface area contributed by atoms with Gasteiger partial charge in [0.15, 0.2) is 0 Å². The summed E-state index contributed by atoms with van der Waals surface area (Å²) in [5, 5.41) is 7.55. The Kier molecular flexibility index (Phi) is 16.2. The molecule has 0 saturated carbocycles. The Bertz CT molecular complexity index is 7210. The Labute approximate surface area is 708 Å². The van der Waals surface area contributed by atoms with Crippen molar-refractivity contribution >= 4 is 135 Å². The van der Waals surface area contributed by atoms with Crippen LogP contribution in [0, 0.1) is 0 Å². The number of hydrogen-bond acceptors (Lipinski definition) is 2. The van der Waals surface area contributed by atoms with E-state index in [1.165, 1.54) is 118 Å². The normalized spacial score (nSPS) is 13.0. The molecule has 3 aliphatic heterocycles. The zero-order chi connectivity index (χ0) is 80.8. The van der Waals surface area contributed by atoms with Crippen molar-refractivity contribution in [3.8, 4) is 100 Å². The molecule has 0 amide bonds. The van der Waals surface area contributed by atoms with Gasteiger partial charge in [-0.1, -0.05) is 191 Å². The summed E-state index contributed by atoms with van der Waals surface area (Å²) in [4.78, 5) is 5.56. The SMILES string of the molecule is CC(C)(C)c1cc(-c2ccccc2)c2c(c1)-c1cccc(c1)-c1ccc3[se]c4ccc(cc4c3c1)-c1cccc(c1)-c1cc(C(C)(C)C)cc(-c3ccccc3)c1N1c3cc(-n4c5ccccc5c5c(-c6ccccc6)cccc54)ccc3B3c4ccc(-n5c6ccccc6c6c(-c7ccccc7)cccc65)cc4N2c2cc(C(C)(C)C)cc1c23. The predicted molar refractivity (Wildman–Crippen MR) is 514 cm³/mol. The number of aromatic nitrogens is 2. The standard InChI is InChI=1S/C114H87BN4Se/c1-112(2,3)80-62-89(72-34-18-12-19-35-72)110-91(64-80)78-40-26-38-74(58-78)76-50-56-105-93(60-76)94-61-77(51-57-106(94)120-105)75-39-27-41-79(59-75)92-65-81(113(4,5)6)63-90(73-36-20-13-21-37-73)111(92)119-102-69-84(117-98-47-25-23-43-88(98)108-86(45-29-49-100(108)117)71-32-16-11-17-33-71)53-55-96(102)115-95-54-52-83(68-101(95)118(110)103-66-82(114(7,8)9)67-104(119)109(103)115)116-97-46-24-22-42-87(97)107-85(44-28-48-99(107)116)70-30-14-10-15-31-70/h10-69H,1-9H3. The van der Waals surface area contributed by atoms with Gasteiger partial charge in [0.25, 0.3) is 6.71 Å². The number of anilines is 6. The average molecular weight is 1600 g/mol. The van der Waals surface area contributed by atoms with Gasteiger partial charge in [-0.3, -0.25) is 0 Å². The van der Waals surface area contributed by atoms with E-state index in [9.17, 15) is 0 Å². The van der Waals surface area contributed by atoms with Crippen LogP contribution < -0.4 is 26.2 Å². The van der Waals surface area contributed by atoms with Crippen molar-refractivity contribution in [2.24, 2.45) is 0 Å². The molecule has 0 saturated heterocycles. The van der Waals surface area contributed by atoms with Crippen molar-refractivity contribution < 1.29 is 0 Å². The fourth-order valence-electron chi connectivity index (χ4n) is 20.1. The van der Waals surface area contributed by atoms with Gasteiger partial charge in [-0.05, 0) is 69.6 Å². The molecule has 0 radical (unpaired) electrons. The van der Waals surface area contributed by atoms with Gasteiger partial charge in [0.1, 0.15) is 0 Å². The molecule has 23 rings (SSSR count). The molecule has 13 bridgehead atoms. The molecule has 20 aromatic rings. The van der Waals surface area contributed by atoms with Crippen LogP contribution in [-0.4, -0.2) is 30.4 Å². The van der Waals surface area contributed by atoms with Crippen LogP contribution in [0.3, 0.4) is 0 Å². The molecule has 120 heavy (non-hydrogen) atoms. The number of para-hydroxylation sites is 2. The molecule has 0 aliphatic carbocycles. The first-order valence-electron chi connectivity index (χ1n) is 42.3. The molecule has 6 heteroatoms. The maximum atomic E-state index is 2.78. The summed E-state index contributed by atoms with van der Waals surface area (Å²) < 4.78 is 7.95. The van der Waals surface area contributed by atoms with Gasteiger partial charge in [-0.25, -0.2) is 0 Å². The van der Waals surface area contributed by atoms with Crippen molar-refractivity contribution in [3.05, 3.63) is 381 Å². The summed E-state index contributed by atoms with van der Waals surface area (Å²) in [7, 11) is 0. The molecule has 4 nitrogen and oxygen atoms in total. The van der Waals surface area contributed by atoms with Gasteiger partial charge in [-0.2, -0.15) is 0 Å². The van der Waals surface area contributed by atoms with Crippen LogP contribution in [0.15, 0.2) is 364 Å². The predicted octanol–water partition coefficient (Wildman–Crippen LogP) is 28.9. The van der Waals surface area contributed by atoms with Gasteiger partial charge >= 0.3 is 382 Å². The first kappa shape index (κ1) is 71.8. The number of benzene rings is 17. The van der Waals surface area contributed by atoms with Crippen LogP contribution in [0.1, 0.15) is 79.0 Å². The zero-order valence-electron chi connectivity index (χ0n) is 68.9. The molecule has 17 aromatic carbocycles. The van der Waals surface area contributed by atoms with Gasteiger partial charge in [0, 0.05) is 32.9 Å². The minimum absolute atomic E-state index is 0.139. The monoisotopic (exact) mass is 1600 g/mol. The maximum absolute atomic E-state index is 2.78. The van der Waals surface area contributed by atoms with Crippen molar-refractivity contribution in [1.82, 2.24) is 9.13 Å². The van der Waals surface area contributed by atoms with Gasteiger partial charge in [0.2, 0.25) is 0 Å². The fraction of sp³-hybridized carbons (Fsp3) is 0.105. The van der Waals surface area contributed by atoms with Crippen LogP contribution in [0.2, 0.25) is 0 Å². The van der Waals surface area contributed by atoms with Crippen molar-refractivity contribution in [2.45, 2.75) is 78.6 Å². The van der Waals surface area contributed by atoms with E-state index in [0.717, 1.165) is 112 Å². The van der Waals surface area contributed by atoms with Crippen LogP contribution in [-0.2, 0) is 16.2 Å². The first-order chi connectivity index (χ1) is 58.4. The van der Waals surface area contributed by atoms with Crippen LogP contribution in [0.25, 0.3) is 163 Å². The third-order valence-electron chi connectivity index (χ3n) is 26.0. The number of fused-ring (bicyclic) bond motifs is 26. The molecule has 0 atom stereocenters. The van der Waals surface area contributed by atoms with Gasteiger partial charge in [-0.15, -0.1) is 0 Å². The molecule has 572 valence electrons. The molecule has 3 aromatic heterocycles. The van der Waals surface area contributed by atoms with E-state index >= 15 is 0 Å². The van der Waals surface area contributed by atoms with E-state index < -0.39 is 0 Å². The summed E-state index contributed by atoms with van der Waals surface area (Å²) in [6.07, 6.45) is 0. The first-order valence-corrected chi connectivity index (χ1v) is 44.0. The molecule has 3 aliphatic rings. The average Bonchev–Trinajstić information content (AvgIpc) is 0.770. The molecule has 0 fully saturated rings. The van der Waals surface area contributed by atoms with Crippen molar-refractivity contribution in [1.29, 1.82) is 0 Å². The Morgan fingerprint density at radius 2 is 0.558 bits per heavy atom. The Balaban J connectivity index is 0.920. The number of hydrogen-bond donors (Lipinski definition) is 0. The fourth-order valence-corrected chi connectivity index (χ4v) is 22.3. The molecule has 6 heterocycles. The Morgan fingerprint density at radius 1 is 0.233 bits per heavy atom. The van der Waals surface area contributed by atoms with Crippen LogP contribution >= 0.6 is 0 Å². The van der Waals surface area contributed by atoms with Gasteiger partial charge in [0.05, 0.1) is 22.1 Å². The molecular weight excluding hydrogens is 1520 g/mol. The summed E-state index contributed by atoms with van der Waals surface area (Å²) in [5.74, 6) is 0. The molecule has 0 spiro atoms. The number of rotatable bonds is 6. The second kappa shape index (κ2) is 27.0. The van der Waals surface area contributed by atoms with E-state index in [2.05, 4.69) is 445 Å². The second-order valence-corrected chi connectivity index (χ2v) is 38.6. The Hall–Kier alpha value is -13.5. The van der Waals surface area contributed by atoms with E-state index in [0.29, 0.717) is 0 Å². The number of nitrogens with zero attached hydrogens (tertiary/aromatic N) is 4. The summed E-state index contributed by atoms with van der Waals surface area (Å²) in [6, 6.07) is 141. The van der Waals surface area contributed by atoms with E-state index in [4.69, 9.17) is 0 Å². The summed E-state index contributed by atoms with van der Waals surface area (Å²) in [5.41, 5.74) is 38.9. The van der Waals surface area contributed by atoms with Gasteiger partial charge < -0.3 is 9.13 Å². The van der Waals surface area contributed by atoms with Crippen LogP contribution in [0.4, 0.5) is 34.1 Å². The minimum atomic E-state index is -0.384. The molecular formula is C114H87BN4Se. The van der Waals surface area contributed by atoms with Crippen molar-refractivity contribution in [2.75, 3.05) is 9.80 Å². The zero-order valence-corrected chi connectivity index (χ0v) is 70.6. The molecule has 0 N–H and O–H groups in total. The van der Waals surface area contributed by atoms with E-state index in [1.54, 1.807) is 0 Å². The summed E-state index contributed by atoms with van der Waals surface area (Å²) in [6.45, 7) is 21.3. The van der Waals surface area contributed by atoms with E-state index in [-0.39, 0.29) is 37.5 Å². The topological polar surface area (TPSA) is 16.3 Å². The van der Waals surface area contributed by atoms with Crippen molar-refractivity contribution in [3.63, 3.8) is 0 Å². The third-order valence-corrected chi connectivity index (χ3v) is 28.5. The quantitative estimate of drug-likeness (QED) is 0.154. The summed E-state index contributed by atoms with van der Waals surface area (Å²) >= 11 is 0.139. The molecule has 0 unspecified atom stereocenters. The third kappa shape index (κ3) is 11.3. The second-order valence-electron chi connectivity index (χ2n) is 36.4. The Morgan fingerprint density at radius 3 is 0.958 bits per heavy atom. The van der Waals surface area contributed by atoms with Crippen LogP contribution in [0.5, 0.6) is 0 Å².